The fraction of sp³-hybridized carbons (Fsp3) is 0.185. The predicted molar refractivity (Wildman–Crippen MR) is 230 cm³/mol. The third-order valence-corrected chi connectivity index (χ3v) is 14.2. The van der Waals surface area contributed by atoms with Gasteiger partial charge in [-0.05, 0) is 164 Å². The van der Waals surface area contributed by atoms with E-state index in [9.17, 15) is 0 Å². The highest BCUT2D eigenvalue weighted by atomic mass is 15.1. The molecule has 0 saturated heterocycles. The molecule has 0 aliphatic heterocycles. The molecule has 8 aromatic rings. The molecule has 1 spiro atoms. The van der Waals surface area contributed by atoms with E-state index in [0.29, 0.717) is 0 Å². The monoisotopic (exact) mass is 705 g/mol. The van der Waals surface area contributed by atoms with Crippen LogP contribution in [-0.2, 0) is 5.41 Å². The first kappa shape index (κ1) is 31.4. The van der Waals surface area contributed by atoms with Crippen molar-refractivity contribution in [3.05, 3.63) is 187 Å². The molecule has 4 saturated carbocycles. The number of hydrogen-bond donors (Lipinski definition) is 0. The molecule has 0 amide bonds. The fourth-order valence-electron chi connectivity index (χ4n) is 12.2. The van der Waals surface area contributed by atoms with E-state index in [2.05, 4.69) is 181 Å². The highest BCUT2D eigenvalue weighted by Gasteiger charge is 2.61. The van der Waals surface area contributed by atoms with Crippen molar-refractivity contribution in [2.75, 3.05) is 4.90 Å². The molecule has 0 unspecified atom stereocenters. The minimum atomic E-state index is 0.180. The van der Waals surface area contributed by atoms with Crippen molar-refractivity contribution < 1.29 is 0 Å². The average molecular weight is 706 g/mol. The summed E-state index contributed by atoms with van der Waals surface area (Å²) in [6.45, 7) is 0. The van der Waals surface area contributed by atoms with E-state index >= 15 is 0 Å². The van der Waals surface area contributed by atoms with Crippen LogP contribution in [0.2, 0.25) is 0 Å². The maximum atomic E-state index is 2.61. The molecule has 1 heteroatoms. The van der Waals surface area contributed by atoms with Crippen LogP contribution in [0.3, 0.4) is 0 Å². The van der Waals surface area contributed by atoms with Crippen molar-refractivity contribution in [3.8, 4) is 33.4 Å². The van der Waals surface area contributed by atoms with Gasteiger partial charge in [0, 0.05) is 22.5 Å². The standard InChI is InChI=1S/C54H43N/c1-2-8-37(9-3-1)38-16-21-45(22-17-38)55(47-25-27-49-42(33-47)15-14-40-10-4-5-11-48(40)49)46-23-18-39(19-24-46)41-20-26-51-50-12-6-7-13-52(50)54(53(51)34-41)43-29-35-28-36(31-43)32-44(54)30-35/h1-27,33-36,43-44H,28-32H2. The number of fused-ring (bicyclic) bond motifs is 6. The van der Waals surface area contributed by atoms with Crippen molar-refractivity contribution in [1.82, 2.24) is 0 Å². The smallest absolute Gasteiger partial charge is 0.0468 e. The van der Waals surface area contributed by atoms with Gasteiger partial charge in [-0.2, -0.15) is 0 Å². The molecule has 4 bridgehead atoms. The average Bonchev–Trinajstić information content (AvgIpc) is 3.53. The van der Waals surface area contributed by atoms with Gasteiger partial charge in [-0.1, -0.05) is 133 Å². The zero-order valence-electron chi connectivity index (χ0n) is 31.0. The Bertz CT molecular complexity index is 2730. The Morgan fingerprint density at radius 3 is 1.65 bits per heavy atom. The number of anilines is 3. The van der Waals surface area contributed by atoms with Crippen LogP contribution in [0.25, 0.3) is 54.9 Å². The highest BCUT2D eigenvalue weighted by Crippen LogP contribution is 2.69. The molecule has 0 heterocycles. The Kier molecular flexibility index (Phi) is 6.88. The van der Waals surface area contributed by atoms with Gasteiger partial charge in [0.1, 0.15) is 0 Å². The van der Waals surface area contributed by atoms with E-state index in [1.807, 2.05) is 0 Å². The molecule has 264 valence electrons. The highest BCUT2D eigenvalue weighted by molar-refractivity contribution is 6.08. The molecule has 4 fully saturated rings. The maximum absolute atomic E-state index is 2.61. The summed E-state index contributed by atoms with van der Waals surface area (Å²) in [6.07, 6.45) is 7.12. The summed E-state index contributed by atoms with van der Waals surface area (Å²) in [6, 6.07) is 66.1. The van der Waals surface area contributed by atoms with Gasteiger partial charge in [-0.25, -0.2) is 0 Å². The second-order valence-corrected chi connectivity index (χ2v) is 17.0. The van der Waals surface area contributed by atoms with E-state index < -0.39 is 0 Å². The number of benzene rings is 8. The fourth-order valence-corrected chi connectivity index (χ4v) is 12.2. The topological polar surface area (TPSA) is 3.24 Å². The largest absolute Gasteiger partial charge is 0.310 e. The van der Waals surface area contributed by atoms with Crippen molar-refractivity contribution in [2.45, 2.75) is 37.5 Å². The van der Waals surface area contributed by atoms with Crippen molar-refractivity contribution in [1.29, 1.82) is 0 Å². The molecule has 0 radical (unpaired) electrons. The molecule has 0 atom stereocenters. The zero-order valence-corrected chi connectivity index (χ0v) is 31.0. The normalized spacial score (nSPS) is 23.0. The summed E-state index contributed by atoms with van der Waals surface area (Å²) in [7, 11) is 0. The molecule has 5 aliphatic rings. The third kappa shape index (κ3) is 4.72. The summed E-state index contributed by atoms with van der Waals surface area (Å²) < 4.78 is 0. The van der Waals surface area contributed by atoms with Crippen LogP contribution >= 0.6 is 0 Å². The van der Waals surface area contributed by atoms with Crippen molar-refractivity contribution in [2.24, 2.45) is 23.7 Å². The first-order chi connectivity index (χ1) is 27.2. The van der Waals surface area contributed by atoms with Crippen molar-refractivity contribution in [3.63, 3.8) is 0 Å². The Balaban J connectivity index is 0.952. The van der Waals surface area contributed by atoms with Crippen LogP contribution in [0, 0.1) is 23.7 Å². The predicted octanol–water partition coefficient (Wildman–Crippen LogP) is 14.5. The molecule has 0 aromatic heterocycles. The van der Waals surface area contributed by atoms with Crippen LogP contribution in [0.4, 0.5) is 17.1 Å². The second-order valence-electron chi connectivity index (χ2n) is 17.0. The minimum Gasteiger partial charge on any atom is -0.310 e. The van der Waals surface area contributed by atoms with Crippen LogP contribution in [0.1, 0.15) is 43.2 Å². The number of hydrogen-bond acceptors (Lipinski definition) is 1. The summed E-state index contributed by atoms with van der Waals surface area (Å²) in [5.74, 6) is 3.43. The molecule has 1 nitrogen and oxygen atoms in total. The van der Waals surface area contributed by atoms with Gasteiger partial charge >= 0.3 is 0 Å². The van der Waals surface area contributed by atoms with Crippen LogP contribution in [0.5, 0.6) is 0 Å². The summed E-state index contributed by atoms with van der Waals surface area (Å²) in [4.78, 5) is 2.41. The quantitative estimate of drug-likeness (QED) is 0.161. The third-order valence-electron chi connectivity index (χ3n) is 14.2. The van der Waals surface area contributed by atoms with Gasteiger partial charge in [-0.3, -0.25) is 0 Å². The minimum absolute atomic E-state index is 0.180. The SMILES string of the molecule is c1ccc(-c2ccc(N(c3ccc(-c4ccc5c(c4)C4(c6ccccc6-5)C5CC6CC(C5)CC4C6)cc3)c3ccc4c(ccc5ccccc54)c3)cc2)cc1. The van der Waals surface area contributed by atoms with Gasteiger partial charge in [-0.15, -0.1) is 0 Å². The van der Waals surface area contributed by atoms with Gasteiger partial charge in [0.2, 0.25) is 0 Å². The summed E-state index contributed by atoms with van der Waals surface area (Å²) in [5.41, 5.74) is 14.9. The summed E-state index contributed by atoms with van der Waals surface area (Å²) in [5, 5.41) is 5.10. The molecule has 5 aliphatic carbocycles. The first-order valence-corrected chi connectivity index (χ1v) is 20.4. The Labute approximate surface area is 323 Å². The zero-order chi connectivity index (χ0) is 36.1. The lowest BCUT2D eigenvalue weighted by molar-refractivity contribution is -0.0399. The van der Waals surface area contributed by atoms with E-state index in [0.717, 1.165) is 40.7 Å². The molecule has 55 heavy (non-hydrogen) atoms. The Morgan fingerprint density at radius 2 is 0.909 bits per heavy atom. The maximum Gasteiger partial charge on any atom is 0.0468 e. The van der Waals surface area contributed by atoms with Gasteiger partial charge < -0.3 is 4.90 Å². The van der Waals surface area contributed by atoms with Crippen LogP contribution in [0.15, 0.2) is 176 Å². The Hall–Kier alpha value is -5.92. The summed E-state index contributed by atoms with van der Waals surface area (Å²) >= 11 is 0. The molecule has 13 rings (SSSR count). The lowest BCUT2D eigenvalue weighted by Crippen LogP contribution is -2.55. The first-order valence-electron chi connectivity index (χ1n) is 20.4. The lowest BCUT2D eigenvalue weighted by Gasteiger charge is -2.61. The number of nitrogens with zero attached hydrogens (tertiary/aromatic N) is 1. The number of rotatable bonds is 5. The van der Waals surface area contributed by atoms with Gasteiger partial charge in [0.15, 0.2) is 0 Å². The van der Waals surface area contributed by atoms with Gasteiger partial charge in [0.25, 0.3) is 0 Å². The molecular weight excluding hydrogens is 663 g/mol. The lowest BCUT2D eigenvalue weighted by atomic mass is 9.43. The molecular formula is C54H43N. The van der Waals surface area contributed by atoms with Gasteiger partial charge in [0.05, 0.1) is 0 Å². The van der Waals surface area contributed by atoms with E-state index in [4.69, 9.17) is 0 Å². The van der Waals surface area contributed by atoms with E-state index in [-0.39, 0.29) is 5.41 Å². The van der Waals surface area contributed by atoms with Crippen LogP contribution in [-0.4, -0.2) is 0 Å². The molecule has 0 N–H and O–H groups in total. The Morgan fingerprint density at radius 1 is 0.364 bits per heavy atom. The van der Waals surface area contributed by atoms with Crippen LogP contribution < -0.4 is 4.90 Å². The van der Waals surface area contributed by atoms with E-state index in [1.165, 1.54) is 87.0 Å². The molecule has 8 aromatic carbocycles. The van der Waals surface area contributed by atoms with E-state index in [1.54, 1.807) is 11.1 Å². The van der Waals surface area contributed by atoms with Crippen molar-refractivity contribution >= 4 is 38.6 Å². The second kappa shape index (κ2) is 12.0.